The van der Waals surface area contributed by atoms with Crippen LogP contribution in [-0.4, -0.2) is 21.3 Å². The van der Waals surface area contributed by atoms with Crippen LogP contribution in [0.5, 0.6) is 0 Å². The van der Waals surface area contributed by atoms with Crippen molar-refractivity contribution in [1.82, 2.24) is 10.2 Å². The molecule has 2 aliphatic carbocycles. The minimum atomic E-state index is -1.15. The fraction of sp³-hybridized carbons (Fsp3) is 0.667. The number of carboxylic acids is 1. The Balaban J connectivity index is 1.79. The van der Waals surface area contributed by atoms with Gasteiger partial charge in [-0.1, -0.05) is 0 Å². The number of hydrogen-bond acceptors (Lipinski definition) is 4. The van der Waals surface area contributed by atoms with Gasteiger partial charge in [0.15, 0.2) is 0 Å². The van der Waals surface area contributed by atoms with Crippen LogP contribution in [0.1, 0.15) is 41.8 Å². The van der Waals surface area contributed by atoms with E-state index in [4.69, 9.17) is 9.52 Å². The summed E-state index contributed by atoms with van der Waals surface area (Å²) in [7, 11) is 0. The molecule has 0 bridgehead atoms. The Hall–Kier alpha value is -1.39. The molecule has 0 spiro atoms. The molecular weight excluding hydrogens is 184 g/mol. The molecule has 0 radical (unpaired) electrons. The van der Waals surface area contributed by atoms with Gasteiger partial charge in [0.1, 0.15) is 0 Å². The summed E-state index contributed by atoms with van der Waals surface area (Å²) in [6, 6.07) is 0. The van der Waals surface area contributed by atoms with Crippen LogP contribution >= 0.6 is 0 Å². The molecule has 5 nitrogen and oxygen atoms in total. The second-order valence-electron chi connectivity index (χ2n) is 4.17. The summed E-state index contributed by atoms with van der Waals surface area (Å²) in [6.07, 6.45) is 3.51. The Labute approximate surface area is 80.1 Å². The van der Waals surface area contributed by atoms with E-state index in [9.17, 15) is 4.79 Å². The third-order valence-corrected chi connectivity index (χ3v) is 3.22. The van der Waals surface area contributed by atoms with Crippen molar-refractivity contribution in [3.05, 3.63) is 11.8 Å². The molecule has 2 aliphatic rings. The van der Waals surface area contributed by atoms with Crippen molar-refractivity contribution in [3.63, 3.8) is 0 Å². The van der Waals surface area contributed by atoms with E-state index in [0.29, 0.717) is 11.8 Å². The van der Waals surface area contributed by atoms with Crippen molar-refractivity contribution in [3.8, 4) is 0 Å². The topological polar surface area (TPSA) is 76.2 Å². The molecule has 0 saturated heterocycles. The maximum atomic E-state index is 10.5. The maximum Gasteiger partial charge on any atom is 0.393 e. The van der Waals surface area contributed by atoms with Gasteiger partial charge in [-0.2, -0.15) is 0 Å². The van der Waals surface area contributed by atoms with Crippen LogP contribution in [0.3, 0.4) is 0 Å². The third kappa shape index (κ3) is 1.12. The number of carbonyl (C=O) groups is 1. The van der Waals surface area contributed by atoms with Crippen molar-refractivity contribution in [2.75, 3.05) is 0 Å². The zero-order valence-electron chi connectivity index (χ0n) is 7.51. The first-order chi connectivity index (χ1) is 6.74. The molecule has 5 heteroatoms. The monoisotopic (exact) mass is 194 g/mol. The third-order valence-electron chi connectivity index (χ3n) is 3.22. The summed E-state index contributed by atoms with van der Waals surface area (Å²) in [4.78, 5) is 10.5. The van der Waals surface area contributed by atoms with Gasteiger partial charge in [-0.15, -0.1) is 10.2 Å². The molecule has 1 aromatic heterocycles. The Kier molecular flexibility index (Phi) is 1.45. The van der Waals surface area contributed by atoms with E-state index in [-0.39, 0.29) is 5.89 Å². The van der Waals surface area contributed by atoms with E-state index < -0.39 is 5.97 Å². The lowest BCUT2D eigenvalue weighted by molar-refractivity contribution is 0.0651. The Morgan fingerprint density at radius 3 is 2.57 bits per heavy atom. The lowest BCUT2D eigenvalue weighted by atomic mass is 10.0. The molecule has 2 atom stereocenters. The molecule has 3 rings (SSSR count). The normalized spacial score (nSPS) is 34.1. The number of hydrogen-bond donors (Lipinski definition) is 1. The Bertz CT molecular complexity index is 377. The molecule has 1 N–H and O–H groups in total. The van der Waals surface area contributed by atoms with Crippen molar-refractivity contribution in [2.45, 2.75) is 25.2 Å². The van der Waals surface area contributed by atoms with E-state index in [2.05, 4.69) is 10.2 Å². The molecule has 1 aromatic rings. The maximum absolute atomic E-state index is 10.5. The van der Waals surface area contributed by atoms with Crippen LogP contribution in [0.2, 0.25) is 0 Å². The van der Waals surface area contributed by atoms with Gasteiger partial charge in [-0.05, 0) is 31.1 Å². The Morgan fingerprint density at radius 1 is 1.29 bits per heavy atom. The van der Waals surface area contributed by atoms with Crippen LogP contribution < -0.4 is 0 Å². The molecule has 0 aliphatic heterocycles. The van der Waals surface area contributed by atoms with Gasteiger partial charge in [-0.3, -0.25) is 0 Å². The van der Waals surface area contributed by atoms with Crippen molar-refractivity contribution >= 4 is 5.97 Å². The molecular formula is C9H10N2O3. The van der Waals surface area contributed by atoms with Crippen LogP contribution in [0.25, 0.3) is 0 Å². The molecule has 14 heavy (non-hydrogen) atoms. The highest BCUT2D eigenvalue weighted by molar-refractivity contribution is 5.81. The van der Waals surface area contributed by atoms with Crippen LogP contribution in [-0.2, 0) is 0 Å². The van der Waals surface area contributed by atoms with E-state index in [1.807, 2.05) is 0 Å². The number of fused-ring (bicyclic) bond motifs is 1. The highest BCUT2D eigenvalue weighted by atomic mass is 16.4. The number of aromatic carboxylic acids is 1. The van der Waals surface area contributed by atoms with Crippen LogP contribution in [0.4, 0.5) is 0 Å². The predicted octanol–water partition coefficient (Wildman–Crippen LogP) is 1.28. The fourth-order valence-electron chi connectivity index (χ4n) is 2.40. The van der Waals surface area contributed by atoms with Gasteiger partial charge in [0.2, 0.25) is 5.89 Å². The minimum Gasteiger partial charge on any atom is -0.474 e. The lowest BCUT2D eigenvalue weighted by Crippen LogP contribution is -1.96. The first-order valence-electron chi connectivity index (χ1n) is 4.80. The summed E-state index contributed by atoms with van der Waals surface area (Å²) in [6.45, 7) is 0. The molecule has 2 fully saturated rings. The predicted molar refractivity (Wildman–Crippen MR) is 44.8 cm³/mol. The first-order valence-corrected chi connectivity index (χ1v) is 4.80. The summed E-state index contributed by atoms with van der Waals surface area (Å²) >= 11 is 0. The van der Waals surface area contributed by atoms with Gasteiger partial charge in [0.25, 0.3) is 0 Å². The Morgan fingerprint density at radius 2 is 2.00 bits per heavy atom. The van der Waals surface area contributed by atoms with Gasteiger partial charge >= 0.3 is 11.9 Å². The largest absolute Gasteiger partial charge is 0.474 e. The smallest absolute Gasteiger partial charge is 0.393 e. The highest BCUT2D eigenvalue weighted by Gasteiger charge is 2.47. The lowest BCUT2D eigenvalue weighted by Gasteiger charge is -2.03. The first kappa shape index (κ1) is 7.96. The fourth-order valence-corrected chi connectivity index (χ4v) is 2.40. The van der Waals surface area contributed by atoms with E-state index in [0.717, 1.165) is 24.7 Å². The zero-order valence-corrected chi connectivity index (χ0v) is 7.51. The average Bonchev–Trinajstić information content (AvgIpc) is 2.69. The number of nitrogens with zero attached hydrogens (tertiary/aromatic N) is 2. The van der Waals surface area contributed by atoms with Gasteiger partial charge in [0, 0.05) is 5.92 Å². The van der Waals surface area contributed by atoms with E-state index in [1.54, 1.807) is 0 Å². The van der Waals surface area contributed by atoms with Crippen molar-refractivity contribution in [2.24, 2.45) is 11.8 Å². The zero-order chi connectivity index (χ0) is 9.71. The molecule has 2 unspecified atom stereocenters. The summed E-state index contributed by atoms with van der Waals surface area (Å²) in [5.74, 6) is 1.04. The quantitative estimate of drug-likeness (QED) is 0.767. The standard InChI is InChI=1S/C9H10N2O3/c12-9(13)8-11-10-7(14-8)6-2-4-1-5(4)3-6/h4-6H,1-3H2,(H,12,13). The van der Waals surface area contributed by atoms with Crippen LogP contribution in [0.15, 0.2) is 4.42 Å². The number of rotatable bonds is 2. The molecule has 1 heterocycles. The molecule has 0 amide bonds. The molecule has 2 saturated carbocycles. The highest BCUT2D eigenvalue weighted by Crippen LogP contribution is 2.57. The second-order valence-corrected chi connectivity index (χ2v) is 4.17. The van der Waals surface area contributed by atoms with Crippen molar-refractivity contribution in [1.29, 1.82) is 0 Å². The summed E-state index contributed by atoms with van der Waals surface area (Å²) in [5, 5.41) is 15.9. The van der Waals surface area contributed by atoms with Gasteiger partial charge in [0.05, 0.1) is 0 Å². The number of aromatic nitrogens is 2. The SMILES string of the molecule is O=C(O)c1nnc(C2CC3CC3C2)o1. The van der Waals surface area contributed by atoms with E-state index >= 15 is 0 Å². The van der Waals surface area contributed by atoms with Crippen molar-refractivity contribution < 1.29 is 14.3 Å². The second kappa shape index (κ2) is 2.56. The van der Waals surface area contributed by atoms with Gasteiger partial charge in [-0.25, -0.2) is 4.79 Å². The minimum absolute atomic E-state index is 0.291. The molecule has 0 aromatic carbocycles. The van der Waals surface area contributed by atoms with Crippen LogP contribution in [0, 0.1) is 11.8 Å². The number of carboxylic acid groups (broad SMARTS) is 1. The molecule has 74 valence electrons. The van der Waals surface area contributed by atoms with E-state index in [1.165, 1.54) is 6.42 Å². The average molecular weight is 194 g/mol. The summed E-state index contributed by atoms with van der Waals surface area (Å²) in [5.41, 5.74) is 0. The summed E-state index contributed by atoms with van der Waals surface area (Å²) < 4.78 is 5.08. The van der Waals surface area contributed by atoms with Gasteiger partial charge < -0.3 is 9.52 Å².